The number of aromatic amines is 1. The van der Waals surface area contributed by atoms with Gasteiger partial charge in [0, 0.05) is 19.4 Å². The molecule has 1 amide bonds. The van der Waals surface area contributed by atoms with Gasteiger partial charge >= 0.3 is 6.18 Å². The third-order valence-corrected chi connectivity index (χ3v) is 4.04. The van der Waals surface area contributed by atoms with Crippen LogP contribution < -0.4 is 5.32 Å². The fourth-order valence-electron chi connectivity index (χ4n) is 2.65. The van der Waals surface area contributed by atoms with Gasteiger partial charge in [-0.25, -0.2) is 4.98 Å². The number of halogens is 3. The number of carbonyl (C=O) groups excluding carboxylic acids is 1. The summed E-state index contributed by atoms with van der Waals surface area (Å²) in [5.41, 5.74) is 1.88. The SMILES string of the molecule is O=C(CCc1nc2ccccc2[nH]1)NCCc1ccc(C(F)(F)F)cc1. The molecular formula is C19H18F3N3O. The third kappa shape index (κ3) is 4.62. The molecule has 2 N–H and O–H groups in total. The molecule has 136 valence electrons. The predicted octanol–water partition coefficient (Wildman–Crippen LogP) is 3.87. The number of nitrogens with one attached hydrogen (secondary N) is 2. The van der Waals surface area contributed by atoms with Crippen molar-refractivity contribution in [2.75, 3.05) is 6.54 Å². The number of benzene rings is 2. The van der Waals surface area contributed by atoms with E-state index in [1.807, 2.05) is 24.3 Å². The average Bonchev–Trinajstić information content (AvgIpc) is 3.03. The number of fused-ring (bicyclic) bond motifs is 1. The zero-order valence-corrected chi connectivity index (χ0v) is 13.9. The van der Waals surface area contributed by atoms with Crippen LogP contribution in [0.3, 0.4) is 0 Å². The van der Waals surface area contributed by atoms with Crippen molar-refractivity contribution in [3.63, 3.8) is 0 Å². The van der Waals surface area contributed by atoms with Crippen LogP contribution in [0.4, 0.5) is 13.2 Å². The minimum atomic E-state index is -4.33. The molecule has 0 atom stereocenters. The number of imidazole rings is 1. The van der Waals surface area contributed by atoms with Crippen molar-refractivity contribution in [1.29, 1.82) is 0 Å². The van der Waals surface area contributed by atoms with Gasteiger partial charge in [0.25, 0.3) is 0 Å². The Kier molecular flexibility index (Phi) is 5.25. The van der Waals surface area contributed by atoms with Gasteiger partial charge in [0.05, 0.1) is 16.6 Å². The maximum absolute atomic E-state index is 12.5. The number of carbonyl (C=O) groups is 1. The van der Waals surface area contributed by atoms with Gasteiger partial charge in [-0.1, -0.05) is 24.3 Å². The van der Waals surface area contributed by atoms with Crippen molar-refractivity contribution in [1.82, 2.24) is 15.3 Å². The number of hydrogen-bond acceptors (Lipinski definition) is 2. The third-order valence-electron chi connectivity index (χ3n) is 4.04. The Morgan fingerprint density at radius 1 is 1.04 bits per heavy atom. The van der Waals surface area contributed by atoms with Crippen LogP contribution in [0.5, 0.6) is 0 Å². The topological polar surface area (TPSA) is 57.8 Å². The number of hydrogen-bond donors (Lipinski definition) is 2. The molecule has 1 aromatic heterocycles. The monoisotopic (exact) mass is 361 g/mol. The summed E-state index contributed by atoms with van der Waals surface area (Å²) in [6.45, 7) is 0.379. The normalized spacial score (nSPS) is 11.7. The largest absolute Gasteiger partial charge is 0.416 e. The lowest BCUT2D eigenvalue weighted by Gasteiger charge is -2.08. The zero-order chi connectivity index (χ0) is 18.6. The first-order chi connectivity index (χ1) is 12.4. The second-order valence-electron chi connectivity index (χ2n) is 6.00. The van der Waals surface area contributed by atoms with Gasteiger partial charge in [0.15, 0.2) is 0 Å². The van der Waals surface area contributed by atoms with Gasteiger partial charge in [-0.05, 0) is 36.2 Å². The summed E-state index contributed by atoms with van der Waals surface area (Å²) < 4.78 is 37.5. The first-order valence-corrected chi connectivity index (χ1v) is 8.28. The molecule has 0 aliphatic heterocycles. The van der Waals surface area contributed by atoms with E-state index in [0.717, 1.165) is 34.6 Å². The first kappa shape index (κ1) is 18.0. The van der Waals surface area contributed by atoms with Gasteiger partial charge in [-0.3, -0.25) is 4.79 Å². The van der Waals surface area contributed by atoms with E-state index in [-0.39, 0.29) is 5.91 Å². The van der Waals surface area contributed by atoms with Crippen LogP contribution in [0.2, 0.25) is 0 Å². The molecule has 0 saturated heterocycles. The quantitative estimate of drug-likeness (QED) is 0.700. The smallest absolute Gasteiger partial charge is 0.356 e. The summed E-state index contributed by atoms with van der Waals surface area (Å²) in [4.78, 5) is 19.5. The zero-order valence-electron chi connectivity index (χ0n) is 13.9. The molecule has 0 aliphatic rings. The Morgan fingerprint density at radius 2 is 1.77 bits per heavy atom. The molecule has 7 heteroatoms. The summed E-state index contributed by atoms with van der Waals surface area (Å²) in [7, 11) is 0. The summed E-state index contributed by atoms with van der Waals surface area (Å²) in [6.07, 6.45) is -3.05. The molecule has 3 aromatic rings. The maximum Gasteiger partial charge on any atom is 0.416 e. The lowest BCUT2D eigenvalue weighted by Crippen LogP contribution is -2.26. The standard InChI is InChI=1S/C19H18F3N3O/c20-19(21,22)14-7-5-13(6-8-14)11-12-23-18(26)10-9-17-24-15-3-1-2-4-16(15)25-17/h1-8H,9-12H2,(H,23,26)(H,24,25). The molecule has 3 rings (SSSR count). The average molecular weight is 361 g/mol. The summed E-state index contributed by atoms with van der Waals surface area (Å²) in [6, 6.07) is 12.6. The molecule has 4 nitrogen and oxygen atoms in total. The fraction of sp³-hybridized carbons (Fsp3) is 0.263. The Morgan fingerprint density at radius 3 is 2.46 bits per heavy atom. The molecule has 26 heavy (non-hydrogen) atoms. The second kappa shape index (κ2) is 7.59. The first-order valence-electron chi connectivity index (χ1n) is 8.28. The lowest BCUT2D eigenvalue weighted by atomic mass is 10.1. The molecule has 0 radical (unpaired) electrons. The Labute approximate surface area is 148 Å². The van der Waals surface area contributed by atoms with E-state index in [2.05, 4.69) is 15.3 Å². The van der Waals surface area contributed by atoms with E-state index in [1.54, 1.807) is 0 Å². The van der Waals surface area contributed by atoms with Gasteiger partial charge in [0.2, 0.25) is 5.91 Å². The molecule has 2 aromatic carbocycles. The minimum absolute atomic E-state index is 0.114. The highest BCUT2D eigenvalue weighted by molar-refractivity contribution is 5.77. The van der Waals surface area contributed by atoms with Crippen LogP contribution >= 0.6 is 0 Å². The number of alkyl halides is 3. The maximum atomic E-state index is 12.5. The van der Waals surface area contributed by atoms with Gasteiger partial charge in [-0.15, -0.1) is 0 Å². The van der Waals surface area contributed by atoms with E-state index in [0.29, 0.717) is 25.8 Å². The number of nitrogens with zero attached hydrogens (tertiary/aromatic N) is 1. The molecular weight excluding hydrogens is 343 g/mol. The number of amides is 1. The summed E-state index contributed by atoms with van der Waals surface area (Å²) in [5, 5.41) is 2.78. The van der Waals surface area contributed by atoms with Gasteiger partial charge in [0.1, 0.15) is 5.82 Å². The van der Waals surface area contributed by atoms with Crippen molar-refractivity contribution in [2.45, 2.75) is 25.4 Å². The second-order valence-corrected chi connectivity index (χ2v) is 6.00. The van der Waals surface area contributed by atoms with E-state index in [1.165, 1.54) is 12.1 Å². The Balaban J connectivity index is 1.42. The molecule has 0 fully saturated rings. The van der Waals surface area contributed by atoms with E-state index in [4.69, 9.17) is 0 Å². The van der Waals surface area contributed by atoms with Crippen molar-refractivity contribution in [3.05, 3.63) is 65.5 Å². The highest BCUT2D eigenvalue weighted by atomic mass is 19.4. The van der Waals surface area contributed by atoms with Crippen molar-refractivity contribution in [2.24, 2.45) is 0 Å². The number of rotatable bonds is 6. The molecule has 0 spiro atoms. The van der Waals surface area contributed by atoms with Crippen LogP contribution in [0.15, 0.2) is 48.5 Å². The van der Waals surface area contributed by atoms with Crippen LogP contribution in [-0.4, -0.2) is 22.4 Å². The number of H-pyrrole nitrogens is 1. The van der Waals surface area contributed by atoms with E-state index < -0.39 is 11.7 Å². The molecule has 0 unspecified atom stereocenters. The van der Waals surface area contributed by atoms with Crippen LogP contribution in [0.25, 0.3) is 11.0 Å². The minimum Gasteiger partial charge on any atom is -0.356 e. The van der Waals surface area contributed by atoms with E-state index >= 15 is 0 Å². The van der Waals surface area contributed by atoms with E-state index in [9.17, 15) is 18.0 Å². The lowest BCUT2D eigenvalue weighted by molar-refractivity contribution is -0.137. The number of aryl methyl sites for hydroxylation is 1. The van der Waals surface area contributed by atoms with Gasteiger partial charge in [-0.2, -0.15) is 13.2 Å². The fourth-order valence-corrected chi connectivity index (χ4v) is 2.65. The highest BCUT2D eigenvalue weighted by Crippen LogP contribution is 2.29. The Bertz CT molecular complexity index is 852. The molecule has 1 heterocycles. The van der Waals surface area contributed by atoms with Crippen molar-refractivity contribution in [3.8, 4) is 0 Å². The van der Waals surface area contributed by atoms with Gasteiger partial charge < -0.3 is 10.3 Å². The molecule has 0 aliphatic carbocycles. The molecule has 0 bridgehead atoms. The highest BCUT2D eigenvalue weighted by Gasteiger charge is 2.29. The van der Waals surface area contributed by atoms with Crippen LogP contribution in [0, 0.1) is 0 Å². The molecule has 0 saturated carbocycles. The van der Waals surface area contributed by atoms with Crippen molar-refractivity contribution < 1.29 is 18.0 Å². The summed E-state index contributed by atoms with van der Waals surface area (Å²) in [5.74, 6) is 0.640. The number of aromatic nitrogens is 2. The Hall–Kier alpha value is -2.83. The number of para-hydroxylation sites is 2. The summed E-state index contributed by atoms with van der Waals surface area (Å²) >= 11 is 0. The van der Waals surface area contributed by atoms with Crippen molar-refractivity contribution >= 4 is 16.9 Å². The predicted molar refractivity (Wildman–Crippen MR) is 92.6 cm³/mol. The van der Waals surface area contributed by atoms with Crippen LogP contribution in [0.1, 0.15) is 23.4 Å². The van der Waals surface area contributed by atoms with Crippen LogP contribution in [-0.2, 0) is 23.8 Å².